The summed E-state index contributed by atoms with van der Waals surface area (Å²) in [4.78, 5) is 22.0. The number of non-ortho nitro benzene ring substituents is 1. The molecular weight excluding hydrogens is 297 g/mol. The number of nitro benzene ring substituents is 1. The van der Waals surface area contributed by atoms with Crippen molar-refractivity contribution in [3.8, 4) is 0 Å². The normalized spacial score (nSPS) is 10.8. The molecule has 106 valence electrons. The van der Waals surface area contributed by atoms with Crippen LogP contribution in [0.2, 0.25) is 5.02 Å². The van der Waals surface area contributed by atoms with Crippen LogP contribution in [0, 0.1) is 15.9 Å². The summed E-state index contributed by atoms with van der Waals surface area (Å²) in [6, 6.07) is 9.53. The van der Waals surface area contributed by atoms with Crippen LogP contribution in [-0.2, 0) is 0 Å². The molecule has 0 N–H and O–H groups in total. The number of rotatable bonds is 4. The summed E-state index contributed by atoms with van der Waals surface area (Å²) < 4.78 is 13.0. The summed E-state index contributed by atoms with van der Waals surface area (Å²) in [6.45, 7) is 0. The van der Waals surface area contributed by atoms with E-state index in [4.69, 9.17) is 11.6 Å². The van der Waals surface area contributed by atoms with Gasteiger partial charge in [-0.05, 0) is 29.8 Å². The van der Waals surface area contributed by atoms with Crippen molar-refractivity contribution in [1.29, 1.82) is 0 Å². The van der Waals surface area contributed by atoms with Crippen molar-refractivity contribution >= 4 is 29.1 Å². The predicted molar refractivity (Wildman–Crippen MR) is 77.9 cm³/mol. The van der Waals surface area contributed by atoms with E-state index < -0.39 is 10.7 Å². The SMILES string of the molecule is O=C(/C=C/c1cccc([N+](=O)[O-])c1)c1ccc(F)c(Cl)c1. The molecule has 2 aromatic rings. The van der Waals surface area contributed by atoms with Crippen LogP contribution in [0.3, 0.4) is 0 Å². The van der Waals surface area contributed by atoms with Crippen molar-refractivity contribution in [2.24, 2.45) is 0 Å². The van der Waals surface area contributed by atoms with Crippen LogP contribution < -0.4 is 0 Å². The van der Waals surface area contributed by atoms with E-state index in [0.29, 0.717) is 5.56 Å². The predicted octanol–water partition coefficient (Wildman–Crippen LogP) is 4.28. The Kier molecular flexibility index (Phi) is 4.45. The Hall–Kier alpha value is -2.53. The molecule has 0 saturated carbocycles. The van der Waals surface area contributed by atoms with Gasteiger partial charge in [0.15, 0.2) is 5.78 Å². The summed E-state index contributed by atoms with van der Waals surface area (Å²) in [7, 11) is 0. The van der Waals surface area contributed by atoms with Gasteiger partial charge in [0.1, 0.15) is 5.82 Å². The highest BCUT2D eigenvalue weighted by Gasteiger charge is 2.07. The molecule has 0 aliphatic heterocycles. The molecule has 2 aromatic carbocycles. The van der Waals surface area contributed by atoms with Crippen LogP contribution in [0.15, 0.2) is 48.5 Å². The first-order chi connectivity index (χ1) is 9.97. The molecule has 0 amide bonds. The fourth-order valence-corrected chi connectivity index (χ4v) is 1.84. The van der Waals surface area contributed by atoms with Gasteiger partial charge in [0.25, 0.3) is 5.69 Å². The van der Waals surface area contributed by atoms with E-state index in [1.807, 2.05) is 0 Å². The molecular formula is C15H9ClFNO3. The van der Waals surface area contributed by atoms with Crippen molar-refractivity contribution in [3.05, 3.63) is 80.6 Å². The average molecular weight is 306 g/mol. The highest BCUT2D eigenvalue weighted by Crippen LogP contribution is 2.18. The summed E-state index contributed by atoms with van der Waals surface area (Å²) in [5.74, 6) is -0.973. The molecule has 2 rings (SSSR count). The Labute approximate surface area is 124 Å². The number of halogens is 2. The Balaban J connectivity index is 2.20. The molecule has 0 atom stereocenters. The van der Waals surface area contributed by atoms with Crippen LogP contribution in [0.4, 0.5) is 10.1 Å². The van der Waals surface area contributed by atoms with Crippen molar-refractivity contribution in [2.45, 2.75) is 0 Å². The number of benzene rings is 2. The van der Waals surface area contributed by atoms with Gasteiger partial charge in [0.2, 0.25) is 0 Å². The maximum Gasteiger partial charge on any atom is 0.270 e. The number of nitro groups is 1. The van der Waals surface area contributed by atoms with E-state index in [1.165, 1.54) is 42.5 Å². The second kappa shape index (κ2) is 6.28. The van der Waals surface area contributed by atoms with Gasteiger partial charge in [-0.1, -0.05) is 29.8 Å². The topological polar surface area (TPSA) is 60.2 Å². The van der Waals surface area contributed by atoms with Crippen LogP contribution >= 0.6 is 11.6 Å². The Morgan fingerprint density at radius 3 is 2.67 bits per heavy atom. The van der Waals surface area contributed by atoms with Gasteiger partial charge in [-0.2, -0.15) is 0 Å². The second-order valence-electron chi connectivity index (χ2n) is 4.18. The molecule has 4 nitrogen and oxygen atoms in total. The Morgan fingerprint density at radius 1 is 1.24 bits per heavy atom. The molecule has 0 bridgehead atoms. The highest BCUT2D eigenvalue weighted by atomic mass is 35.5. The zero-order valence-corrected chi connectivity index (χ0v) is 11.4. The monoisotopic (exact) mass is 305 g/mol. The number of allylic oxidation sites excluding steroid dienone is 1. The zero-order valence-electron chi connectivity index (χ0n) is 10.6. The summed E-state index contributed by atoms with van der Waals surface area (Å²) >= 11 is 5.60. The van der Waals surface area contributed by atoms with Crippen LogP contribution in [0.5, 0.6) is 0 Å². The third-order valence-corrected chi connectivity index (χ3v) is 3.00. The van der Waals surface area contributed by atoms with Crippen molar-refractivity contribution in [3.63, 3.8) is 0 Å². The standard InChI is InChI=1S/C15H9ClFNO3/c16-13-9-11(5-6-14(13)17)15(19)7-4-10-2-1-3-12(8-10)18(20)21/h1-9H/b7-4+. The highest BCUT2D eigenvalue weighted by molar-refractivity contribution is 6.31. The quantitative estimate of drug-likeness (QED) is 0.366. The van der Waals surface area contributed by atoms with E-state index in [2.05, 4.69) is 0 Å². The number of carbonyl (C=O) groups is 1. The minimum atomic E-state index is -0.601. The third-order valence-electron chi connectivity index (χ3n) is 2.71. The fraction of sp³-hybridized carbons (Fsp3) is 0. The molecule has 0 unspecified atom stereocenters. The number of hydrogen-bond donors (Lipinski definition) is 0. The lowest BCUT2D eigenvalue weighted by molar-refractivity contribution is -0.384. The van der Waals surface area contributed by atoms with Gasteiger partial charge < -0.3 is 0 Å². The molecule has 21 heavy (non-hydrogen) atoms. The smallest absolute Gasteiger partial charge is 0.270 e. The van der Waals surface area contributed by atoms with Gasteiger partial charge in [-0.25, -0.2) is 4.39 Å². The number of nitrogens with zero attached hydrogens (tertiary/aromatic N) is 1. The minimum absolute atomic E-state index is 0.0607. The zero-order chi connectivity index (χ0) is 15.4. The van der Waals surface area contributed by atoms with E-state index in [-0.39, 0.29) is 22.1 Å². The van der Waals surface area contributed by atoms with Gasteiger partial charge in [0.05, 0.1) is 9.95 Å². The van der Waals surface area contributed by atoms with Crippen LogP contribution in [-0.4, -0.2) is 10.7 Å². The minimum Gasteiger partial charge on any atom is -0.289 e. The number of ketones is 1. The fourth-order valence-electron chi connectivity index (χ4n) is 1.66. The molecule has 0 saturated heterocycles. The maximum atomic E-state index is 13.0. The molecule has 0 aromatic heterocycles. The maximum absolute atomic E-state index is 13.0. The second-order valence-corrected chi connectivity index (χ2v) is 4.59. The van der Waals surface area contributed by atoms with Gasteiger partial charge in [0, 0.05) is 17.7 Å². The van der Waals surface area contributed by atoms with Gasteiger partial charge in [-0.3, -0.25) is 14.9 Å². The molecule has 0 radical (unpaired) electrons. The molecule has 0 heterocycles. The summed E-state index contributed by atoms with van der Waals surface area (Å²) in [6.07, 6.45) is 2.70. The van der Waals surface area contributed by atoms with E-state index in [9.17, 15) is 19.3 Å². The van der Waals surface area contributed by atoms with Crippen LogP contribution in [0.1, 0.15) is 15.9 Å². The Bertz CT molecular complexity index is 743. The van der Waals surface area contributed by atoms with Crippen LogP contribution in [0.25, 0.3) is 6.08 Å². The van der Waals surface area contributed by atoms with Crippen molar-refractivity contribution in [2.75, 3.05) is 0 Å². The first kappa shape index (κ1) is 14.9. The largest absolute Gasteiger partial charge is 0.289 e. The van der Waals surface area contributed by atoms with Crippen molar-refractivity contribution in [1.82, 2.24) is 0 Å². The lowest BCUT2D eigenvalue weighted by Crippen LogP contribution is -1.95. The lowest BCUT2D eigenvalue weighted by atomic mass is 10.1. The molecule has 0 aliphatic rings. The summed E-state index contributed by atoms with van der Waals surface area (Å²) in [5.41, 5.74) is 0.697. The number of carbonyl (C=O) groups excluding carboxylic acids is 1. The van der Waals surface area contributed by atoms with Crippen molar-refractivity contribution < 1.29 is 14.1 Å². The van der Waals surface area contributed by atoms with E-state index in [1.54, 1.807) is 6.07 Å². The van der Waals surface area contributed by atoms with E-state index >= 15 is 0 Å². The average Bonchev–Trinajstić information content (AvgIpc) is 2.48. The molecule has 6 heteroatoms. The van der Waals surface area contributed by atoms with Gasteiger partial charge >= 0.3 is 0 Å². The summed E-state index contributed by atoms with van der Waals surface area (Å²) in [5, 5.41) is 10.5. The first-order valence-electron chi connectivity index (χ1n) is 5.89. The third kappa shape index (κ3) is 3.73. The molecule has 0 fully saturated rings. The van der Waals surface area contributed by atoms with E-state index in [0.717, 1.165) is 6.07 Å². The molecule has 0 aliphatic carbocycles. The Morgan fingerprint density at radius 2 is 2.00 bits per heavy atom. The lowest BCUT2D eigenvalue weighted by Gasteiger charge is -1.98. The van der Waals surface area contributed by atoms with Gasteiger partial charge in [-0.15, -0.1) is 0 Å². The number of hydrogen-bond acceptors (Lipinski definition) is 3. The molecule has 0 spiro atoms. The first-order valence-corrected chi connectivity index (χ1v) is 6.27.